The smallest absolute Gasteiger partial charge is 0.408 e. The van der Waals surface area contributed by atoms with Gasteiger partial charge in [0.2, 0.25) is 5.91 Å². The molecule has 5 heteroatoms. The fourth-order valence-electron chi connectivity index (χ4n) is 2.25. The molecule has 1 N–H and O–H groups in total. The Bertz CT molecular complexity index is 591. The second kappa shape index (κ2) is 9.67. The van der Waals surface area contributed by atoms with Crippen molar-refractivity contribution in [2.24, 2.45) is 0 Å². The molecule has 25 heavy (non-hydrogen) atoms. The number of benzene rings is 1. The number of nitrogens with one attached hydrogen (secondary N) is 1. The standard InChI is InChI=1S/C20H28N2O3/c1-6-11-17(21-19(24)25-20(3,4)5)18(23)22(14-7-2)15-16-12-9-8-10-13-16/h6-10,12-13,17H,1-2,11,14-15H2,3-5H3,(H,21,24)/t17-/m1/s1. The largest absolute Gasteiger partial charge is 0.444 e. The number of alkyl carbamates (subject to hydrolysis) is 1. The topological polar surface area (TPSA) is 58.6 Å². The van der Waals surface area contributed by atoms with Crippen molar-refractivity contribution in [2.45, 2.75) is 45.4 Å². The minimum absolute atomic E-state index is 0.200. The van der Waals surface area contributed by atoms with E-state index in [-0.39, 0.29) is 5.91 Å². The lowest BCUT2D eigenvalue weighted by molar-refractivity contribution is -0.133. The van der Waals surface area contributed by atoms with Crippen LogP contribution in [0.1, 0.15) is 32.8 Å². The van der Waals surface area contributed by atoms with E-state index in [0.717, 1.165) is 5.56 Å². The van der Waals surface area contributed by atoms with E-state index in [1.807, 2.05) is 30.3 Å². The summed E-state index contributed by atoms with van der Waals surface area (Å²) < 4.78 is 5.25. The van der Waals surface area contributed by atoms with Gasteiger partial charge in [-0.05, 0) is 32.8 Å². The van der Waals surface area contributed by atoms with Crippen molar-refractivity contribution in [1.82, 2.24) is 10.2 Å². The molecule has 0 aliphatic rings. The van der Waals surface area contributed by atoms with Gasteiger partial charge in [0.15, 0.2) is 0 Å². The van der Waals surface area contributed by atoms with Crippen molar-refractivity contribution in [3.8, 4) is 0 Å². The molecular weight excluding hydrogens is 316 g/mol. The minimum atomic E-state index is -0.726. The summed E-state index contributed by atoms with van der Waals surface area (Å²) in [6, 6.07) is 8.95. The Morgan fingerprint density at radius 1 is 1.20 bits per heavy atom. The van der Waals surface area contributed by atoms with Gasteiger partial charge in [0, 0.05) is 13.1 Å². The van der Waals surface area contributed by atoms with Gasteiger partial charge in [0.1, 0.15) is 11.6 Å². The van der Waals surface area contributed by atoms with Crippen LogP contribution >= 0.6 is 0 Å². The molecule has 1 aromatic rings. The first-order valence-corrected chi connectivity index (χ1v) is 8.31. The van der Waals surface area contributed by atoms with Crippen LogP contribution in [0.15, 0.2) is 55.6 Å². The molecular formula is C20H28N2O3. The quantitative estimate of drug-likeness (QED) is 0.732. The Hall–Kier alpha value is -2.56. The van der Waals surface area contributed by atoms with Crippen molar-refractivity contribution in [2.75, 3.05) is 6.54 Å². The third kappa shape index (κ3) is 7.70. The number of nitrogens with zero attached hydrogens (tertiary/aromatic N) is 1. The SMILES string of the molecule is C=CC[C@@H](NC(=O)OC(C)(C)C)C(=O)N(CC=C)Cc1ccccc1. The highest BCUT2D eigenvalue weighted by atomic mass is 16.6. The number of hydrogen-bond acceptors (Lipinski definition) is 3. The van der Waals surface area contributed by atoms with E-state index in [1.165, 1.54) is 0 Å². The summed E-state index contributed by atoms with van der Waals surface area (Å²) in [5, 5.41) is 2.64. The lowest BCUT2D eigenvalue weighted by Crippen LogP contribution is -2.49. The molecule has 0 fully saturated rings. The minimum Gasteiger partial charge on any atom is -0.444 e. The number of ether oxygens (including phenoxy) is 1. The lowest BCUT2D eigenvalue weighted by Gasteiger charge is -2.28. The van der Waals surface area contributed by atoms with E-state index in [1.54, 1.807) is 37.8 Å². The first-order valence-electron chi connectivity index (χ1n) is 8.31. The molecule has 0 radical (unpaired) electrons. The second-order valence-corrected chi connectivity index (χ2v) is 6.72. The summed E-state index contributed by atoms with van der Waals surface area (Å²) in [6.07, 6.45) is 2.97. The molecule has 0 bridgehead atoms. The zero-order chi connectivity index (χ0) is 18.9. The molecule has 0 unspecified atom stereocenters. The predicted molar refractivity (Wildman–Crippen MR) is 100 cm³/mol. The molecule has 136 valence electrons. The highest BCUT2D eigenvalue weighted by Crippen LogP contribution is 2.11. The molecule has 0 aliphatic carbocycles. The molecule has 5 nitrogen and oxygen atoms in total. The lowest BCUT2D eigenvalue weighted by atomic mass is 10.1. The summed E-state index contributed by atoms with van der Waals surface area (Å²) in [5.41, 5.74) is 0.379. The van der Waals surface area contributed by atoms with Crippen LogP contribution in [0.25, 0.3) is 0 Å². The van der Waals surface area contributed by atoms with E-state index >= 15 is 0 Å². The highest BCUT2D eigenvalue weighted by molar-refractivity contribution is 5.86. The first kappa shape index (κ1) is 20.5. The van der Waals surface area contributed by atoms with Crippen molar-refractivity contribution >= 4 is 12.0 Å². The zero-order valence-electron chi connectivity index (χ0n) is 15.3. The van der Waals surface area contributed by atoms with E-state index in [9.17, 15) is 9.59 Å². The zero-order valence-corrected chi connectivity index (χ0v) is 15.3. The molecule has 0 saturated carbocycles. The van der Waals surface area contributed by atoms with Gasteiger partial charge in [-0.15, -0.1) is 13.2 Å². The van der Waals surface area contributed by atoms with Gasteiger partial charge in [-0.3, -0.25) is 4.79 Å². The monoisotopic (exact) mass is 344 g/mol. The molecule has 0 spiro atoms. The number of carbonyl (C=O) groups excluding carboxylic acids is 2. The van der Waals surface area contributed by atoms with E-state index in [4.69, 9.17) is 4.74 Å². The Kier molecular flexibility index (Phi) is 7.92. The first-order chi connectivity index (χ1) is 11.8. The maximum absolute atomic E-state index is 12.9. The van der Waals surface area contributed by atoms with Crippen LogP contribution in [0, 0.1) is 0 Å². The maximum atomic E-state index is 12.9. The molecule has 1 rings (SSSR count). The Labute approximate surface area is 150 Å². The average Bonchev–Trinajstić information content (AvgIpc) is 2.52. The predicted octanol–water partition coefficient (Wildman–Crippen LogP) is 3.67. The van der Waals surface area contributed by atoms with Gasteiger partial charge >= 0.3 is 6.09 Å². The normalized spacial score (nSPS) is 12.0. The molecule has 1 aromatic carbocycles. The molecule has 0 saturated heterocycles. The van der Waals surface area contributed by atoms with Crippen LogP contribution in [-0.4, -0.2) is 35.1 Å². The fourth-order valence-corrected chi connectivity index (χ4v) is 2.25. The summed E-state index contributed by atoms with van der Waals surface area (Å²) in [5.74, 6) is -0.200. The van der Waals surface area contributed by atoms with Gasteiger partial charge in [0.05, 0.1) is 0 Å². The van der Waals surface area contributed by atoms with Crippen LogP contribution < -0.4 is 5.32 Å². The number of carbonyl (C=O) groups is 2. The van der Waals surface area contributed by atoms with Crippen molar-refractivity contribution in [3.63, 3.8) is 0 Å². The van der Waals surface area contributed by atoms with Gasteiger partial charge in [-0.1, -0.05) is 42.5 Å². The maximum Gasteiger partial charge on any atom is 0.408 e. The number of hydrogen-bond donors (Lipinski definition) is 1. The van der Waals surface area contributed by atoms with E-state index in [0.29, 0.717) is 19.5 Å². The third-order valence-electron chi connectivity index (χ3n) is 3.27. The molecule has 1 atom stereocenters. The Morgan fingerprint density at radius 3 is 2.36 bits per heavy atom. The van der Waals surface area contributed by atoms with Gasteiger partial charge < -0.3 is 15.0 Å². The summed E-state index contributed by atoms with van der Waals surface area (Å²) >= 11 is 0. The molecule has 0 aromatic heterocycles. The van der Waals surface area contributed by atoms with Crippen LogP contribution in [0.4, 0.5) is 4.79 Å². The van der Waals surface area contributed by atoms with E-state index in [2.05, 4.69) is 18.5 Å². The fraction of sp³-hybridized carbons (Fsp3) is 0.400. The molecule has 2 amide bonds. The second-order valence-electron chi connectivity index (χ2n) is 6.72. The van der Waals surface area contributed by atoms with Crippen molar-refractivity contribution in [1.29, 1.82) is 0 Å². The van der Waals surface area contributed by atoms with Crippen LogP contribution in [0.2, 0.25) is 0 Å². The van der Waals surface area contributed by atoms with Crippen LogP contribution in [-0.2, 0) is 16.1 Å². The van der Waals surface area contributed by atoms with Crippen molar-refractivity contribution < 1.29 is 14.3 Å². The number of rotatable bonds is 8. The Morgan fingerprint density at radius 2 is 1.84 bits per heavy atom. The van der Waals surface area contributed by atoms with Gasteiger partial charge in [-0.2, -0.15) is 0 Å². The van der Waals surface area contributed by atoms with E-state index < -0.39 is 17.7 Å². The Balaban J connectivity index is 2.86. The van der Waals surface area contributed by atoms with Gasteiger partial charge in [-0.25, -0.2) is 4.79 Å². The number of amides is 2. The van der Waals surface area contributed by atoms with Crippen LogP contribution in [0.3, 0.4) is 0 Å². The summed E-state index contributed by atoms with van der Waals surface area (Å²) in [6.45, 7) is 13.5. The third-order valence-corrected chi connectivity index (χ3v) is 3.27. The van der Waals surface area contributed by atoms with Gasteiger partial charge in [0.25, 0.3) is 0 Å². The highest BCUT2D eigenvalue weighted by Gasteiger charge is 2.26. The average molecular weight is 344 g/mol. The van der Waals surface area contributed by atoms with Crippen molar-refractivity contribution in [3.05, 3.63) is 61.2 Å². The summed E-state index contributed by atoms with van der Waals surface area (Å²) in [7, 11) is 0. The summed E-state index contributed by atoms with van der Waals surface area (Å²) in [4.78, 5) is 26.6. The van der Waals surface area contributed by atoms with Crippen LogP contribution in [0.5, 0.6) is 0 Å². The molecule has 0 heterocycles. The molecule has 0 aliphatic heterocycles.